The van der Waals surface area contributed by atoms with Crippen LogP contribution in [0.3, 0.4) is 0 Å². The molecule has 1 aromatic carbocycles. The highest BCUT2D eigenvalue weighted by Crippen LogP contribution is 2.24. The molecule has 0 amide bonds. The molecule has 0 aliphatic rings. The van der Waals surface area contributed by atoms with Gasteiger partial charge in [-0.15, -0.1) is 0 Å². The second-order valence-corrected chi connectivity index (χ2v) is 3.37. The fourth-order valence-electron chi connectivity index (χ4n) is 1.14. The standard InChI is InChI=1S/C8H6Cl2N2/c1-12-8(10)6-3-2-5(9)4-7(6)11-12/h2-4H,1H3. The van der Waals surface area contributed by atoms with Crippen LogP contribution in [0, 0.1) is 0 Å². The summed E-state index contributed by atoms with van der Waals surface area (Å²) in [4.78, 5) is 0. The van der Waals surface area contributed by atoms with Gasteiger partial charge < -0.3 is 0 Å². The van der Waals surface area contributed by atoms with Crippen LogP contribution in [0.4, 0.5) is 0 Å². The largest absolute Gasteiger partial charge is 0.256 e. The van der Waals surface area contributed by atoms with Crippen molar-refractivity contribution < 1.29 is 0 Å². The summed E-state index contributed by atoms with van der Waals surface area (Å²) in [6.07, 6.45) is 0. The number of nitrogens with zero attached hydrogens (tertiary/aromatic N) is 2. The molecule has 1 aromatic heterocycles. The second-order valence-electron chi connectivity index (χ2n) is 2.58. The van der Waals surface area contributed by atoms with Crippen molar-refractivity contribution >= 4 is 34.1 Å². The van der Waals surface area contributed by atoms with E-state index in [0.717, 1.165) is 10.9 Å². The van der Waals surface area contributed by atoms with Gasteiger partial charge in [0, 0.05) is 17.5 Å². The molecule has 0 aliphatic heterocycles. The zero-order valence-electron chi connectivity index (χ0n) is 6.38. The van der Waals surface area contributed by atoms with Gasteiger partial charge in [-0.05, 0) is 18.2 Å². The van der Waals surface area contributed by atoms with Crippen molar-refractivity contribution in [2.45, 2.75) is 0 Å². The van der Waals surface area contributed by atoms with Crippen LogP contribution < -0.4 is 0 Å². The number of hydrogen-bond acceptors (Lipinski definition) is 1. The van der Waals surface area contributed by atoms with Crippen LogP contribution in [0.25, 0.3) is 10.9 Å². The van der Waals surface area contributed by atoms with E-state index < -0.39 is 0 Å². The summed E-state index contributed by atoms with van der Waals surface area (Å²) in [6, 6.07) is 5.47. The molecule has 0 fully saturated rings. The quantitative estimate of drug-likeness (QED) is 0.640. The summed E-state index contributed by atoms with van der Waals surface area (Å²) in [6.45, 7) is 0. The number of rotatable bonds is 0. The van der Waals surface area contributed by atoms with Crippen molar-refractivity contribution in [1.82, 2.24) is 9.78 Å². The topological polar surface area (TPSA) is 17.8 Å². The minimum absolute atomic E-state index is 0.640. The lowest BCUT2D eigenvalue weighted by molar-refractivity contribution is 0.780. The summed E-state index contributed by atoms with van der Waals surface area (Å²) >= 11 is 11.7. The first-order chi connectivity index (χ1) is 5.68. The maximum atomic E-state index is 5.95. The van der Waals surface area contributed by atoms with E-state index in [1.165, 1.54) is 0 Å². The monoisotopic (exact) mass is 200 g/mol. The van der Waals surface area contributed by atoms with Gasteiger partial charge in [0.05, 0.1) is 5.52 Å². The summed E-state index contributed by atoms with van der Waals surface area (Å²) in [5.74, 6) is 0. The first-order valence-electron chi connectivity index (χ1n) is 3.46. The molecular weight excluding hydrogens is 195 g/mol. The number of aromatic nitrogens is 2. The fraction of sp³-hybridized carbons (Fsp3) is 0.125. The molecule has 62 valence electrons. The van der Waals surface area contributed by atoms with Crippen molar-refractivity contribution in [2.24, 2.45) is 7.05 Å². The third-order valence-corrected chi connectivity index (χ3v) is 2.41. The van der Waals surface area contributed by atoms with Gasteiger partial charge in [0.25, 0.3) is 0 Å². The van der Waals surface area contributed by atoms with Crippen molar-refractivity contribution in [3.63, 3.8) is 0 Å². The zero-order chi connectivity index (χ0) is 8.72. The molecule has 2 nitrogen and oxygen atoms in total. The van der Waals surface area contributed by atoms with Gasteiger partial charge in [-0.3, -0.25) is 4.68 Å². The lowest BCUT2D eigenvalue weighted by Crippen LogP contribution is -1.87. The Morgan fingerprint density at radius 3 is 2.83 bits per heavy atom. The number of aryl methyl sites for hydroxylation is 1. The molecule has 0 unspecified atom stereocenters. The smallest absolute Gasteiger partial charge is 0.134 e. The van der Waals surface area contributed by atoms with E-state index in [1.807, 2.05) is 6.07 Å². The lowest BCUT2D eigenvalue weighted by atomic mass is 10.3. The first kappa shape index (κ1) is 7.90. The number of fused-ring (bicyclic) bond motifs is 1. The predicted molar refractivity (Wildman–Crippen MR) is 50.7 cm³/mol. The Labute approximate surface area is 79.7 Å². The Morgan fingerprint density at radius 2 is 2.08 bits per heavy atom. The van der Waals surface area contributed by atoms with Crippen LogP contribution in [0.2, 0.25) is 10.2 Å². The highest BCUT2D eigenvalue weighted by atomic mass is 35.5. The summed E-state index contributed by atoms with van der Waals surface area (Å²) < 4.78 is 1.63. The van der Waals surface area contributed by atoms with Gasteiger partial charge in [0.2, 0.25) is 0 Å². The first-order valence-corrected chi connectivity index (χ1v) is 4.22. The van der Waals surface area contributed by atoms with Crippen LogP contribution in [0.1, 0.15) is 0 Å². The molecule has 0 saturated heterocycles. The number of benzene rings is 1. The van der Waals surface area contributed by atoms with Crippen molar-refractivity contribution in [1.29, 1.82) is 0 Å². The molecule has 0 atom stereocenters. The van der Waals surface area contributed by atoms with Crippen molar-refractivity contribution in [2.75, 3.05) is 0 Å². The van der Waals surface area contributed by atoms with E-state index in [4.69, 9.17) is 23.2 Å². The average Bonchev–Trinajstić information content (AvgIpc) is 2.28. The summed E-state index contributed by atoms with van der Waals surface area (Å²) in [7, 11) is 1.80. The second kappa shape index (κ2) is 2.64. The van der Waals surface area contributed by atoms with Gasteiger partial charge in [0.15, 0.2) is 0 Å². The molecule has 0 bridgehead atoms. The molecule has 0 radical (unpaired) electrons. The molecule has 0 N–H and O–H groups in total. The van der Waals surface area contributed by atoms with E-state index in [-0.39, 0.29) is 0 Å². The number of hydrogen-bond donors (Lipinski definition) is 0. The van der Waals surface area contributed by atoms with E-state index in [9.17, 15) is 0 Å². The minimum atomic E-state index is 0.640. The minimum Gasteiger partial charge on any atom is -0.256 e. The highest BCUT2D eigenvalue weighted by molar-refractivity contribution is 6.35. The average molecular weight is 201 g/mol. The normalized spacial score (nSPS) is 10.9. The van der Waals surface area contributed by atoms with Crippen LogP contribution >= 0.6 is 23.2 Å². The zero-order valence-corrected chi connectivity index (χ0v) is 7.89. The Bertz CT molecular complexity index is 434. The lowest BCUT2D eigenvalue weighted by Gasteiger charge is -1.88. The maximum Gasteiger partial charge on any atom is 0.134 e. The van der Waals surface area contributed by atoms with E-state index in [2.05, 4.69) is 5.10 Å². The van der Waals surface area contributed by atoms with Gasteiger partial charge in [-0.25, -0.2) is 0 Å². The molecule has 2 aromatic rings. The molecule has 2 rings (SSSR count). The third kappa shape index (κ3) is 1.08. The Hall–Kier alpha value is -0.730. The van der Waals surface area contributed by atoms with Crippen LogP contribution in [0.15, 0.2) is 18.2 Å². The predicted octanol–water partition coefficient (Wildman–Crippen LogP) is 2.88. The highest BCUT2D eigenvalue weighted by Gasteiger charge is 2.05. The number of halogens is 2. The van der Waals surface area contributed by atoms with Crippen LogP contribution in [-0.2, 0) is 7.05 Å². The third-order valence-electron chi connectivity index (χ3n) is 1.72. The Morgan fingerprint density at radius 1 is 1.33 bits per heavy atom. The van der Waals surface area contributed by atoms with Gasteiger partial charge in [-0.2, -0.15) is 5.10 Å². The fourth-order valence-corrected chi connectivity index (χ4v) is 1.51. The van der Waals surface area contributed by atoms with Gasteiger partial charge >= 0.3 is 0 Å². The van der Waals surface area contributed by atoms with Crippen LogP contribution in [-0.4, -0.2) is 9.78 Å². The molecule has 1 heterocycles. The Kier molecular flexibility index (Phi) is 1.74. The molecule has 4 heteroatoms. The van der Waals surface area contributed by atoms with Gasteiger partial charge in [0.1, 0.15) is 5.15 Å². The molecule has 0 aliphatic carbocycles. The molecule has 0 spiro atoms. The maximum absolute atomic E-state index is 5.95. The summed E-state index contributed by atoms with van der Waals surface area (Å²) in [5, 5.41) is 6.43. The molecule has 12 heavy (non-hydrogen) atoms. The van der Waals surface area contributed by atoms with Crippen molar-refractivity contribution in [3.05, 3.63) is 28.4 Å². The molecule has 0 saturated carbocycles. The van der Waals surface area contributed by atoms with Crippen molar-refractivity contribution in [3.8, 4) is 0 Å². The summed E-state index contributed by atoms with van der Waals surface area (Å²) in [5.41, 5.74) is 0.829. The molecular formula is C8H6Cl2N2. The van der Waals surface area contributed by atoms with E-state index in [0.29, 0.717) is 10.2 Å². The Balaban J connectivity index is 2.87. The van der Waals surface area contributed by atoms with E-state index in [1.54, 1.807) is 23.9 Å². The van der Waals surface area contributed by atoms with Gasteiger partial charge in [-0.1, -0.05) is 23.2 Å². The SMILES string of the molecule is Cn1nc2cc(Cl)ccc2c1Cl. The van der Waals surface area contributed by atoms with E-state index >= 15 is 0 Å². The van der Waals surface area contributed by atoms with Crippen LogP contribution in [0.5, 0.6) is 0 Å².